The molecule has 0 heterocycles. The molecule has 0 aliphatic heterocycles. The molecular weight excluding hydrogens is 386 g/mol. The molecule has 0 amide bonds. The summed E-state index contributed by atoms with van der Waals surface area (Å²) >= 11 is 0. The number of hydrogen-bond donors (Lipinski definition) is 1. The van der Waals surface area contributed by atoms with E-state index >= 15 is 0 Å². The topological polar surface area (TPSA) is 12.0 Å². The Hall–Kier alpha value is -0.300. The van der Waals surface area contributed by atoms with Crippen molar-refractivity contribution in [2.75, 3.05) is 13.1 Å². The normalized spacial score (nSPS) is 13.3. The van der Waals surface area contributed by atoms with E-state index in [0.29, 0.717) is 0 Å². The van der Waals surface area contributed by atoms with Crippen molar-refractivity contribution in [2.45, 2.75) is 162 Å². The summed E-state index contributed by atoms with van der Waals surface area (Å²) in [7, 11) is 0. The lowest BCUT2D eigenvalue weighted by Crippen LogP contribution is -2.27. The molecule has 0 aromatic rings. The van der Waals surface area contributed by atoms with Gasteiger partial charge >= 0.3 is 0 Å². The highest BCUT2D eigenvalue weighted by Gasteiger charge is 2.14. The minimum atomic E-state index is 0.806. The van der Waals surface area contributed by atoms with Crippen LogP contribution in [0.5, 0.6) is 0 Å². The third-order valence-corrected chi connectivity index (χ3v) is 7.49. The monoisotopic (exact) mass is 449 g/mol. The van der Waals surface area contributed by atoms with E-state index in [-0.39, 0.29) is 0 Å². The first kappa shape index (κ1) is 31.7. The maximum absolute atomic E-state index is 3.85. The number of nitrogens with one attached hydrogen (secondary N) is 1. The third kappa shape index (κ3) is 22.9. The van der Waals surface area contributed by atoms with Crippen LogP contribution in [0.4, 0.5) is 0 Å². The van der Waals surface area contributed by atoms with Crippen LogP contribution in [0.25, 0.3) is 0 Å². The molecule has 0 radical (unpaired) electrons. The van der Waals surface area contributed by atoms with Crippen molar-refractivity contribution in [3.63, 3.8) is 0 Å². The molecule has 0 saturated carbocycles. The summed E-state index contributed by atoms with van der Waals surface area (Å²) in [6.07, 6.45) is 33.4. The largest absolute Gasteiger partial charge is 0.316 e. The second-order valence-corrected chi connectivity index (χ2v) is 10.6. The van der Waals surface area contributed by atoms with E-state index in [9.17, 15) is 0 Å². The van der Waals surface area contributed by atoms with E-state index in [2.05, 4.69) is 38.7 Å². The standard InChI is InChI=1S/C31H63N/c1-5-8-10-11-12-13-14-15-16-17-18-19-20-21-22-23-24-26-28-32-29-30(4)31(7-3)27-25-9-6-2/h6,30-32H,2,5,7-29H2,1,3-4H3. The maximum atomic E-state index is 3.85. The molecule has 0 aliphatic carbocycles. The van der Waals surface area contributed by atoms with Crippen molar-refractivity contribution >= 4 is 0 Å². The zero-order chi connectivity index (χ0) is 23.5. The van der Waals surface area contributed by atoms with Gasteiger partial charge in [-0.1, -0.05) is 142 Å². The van der Waals surface area contributed by atoms with Crippen LogP contribution in [0.3, 0.4) is 0 Å². The van der Waals surface area contributed by atoms with E-state index in [4.69, 9.17) is 0 Å². The highest BCUT2D eigenvalue weighted by Crippen LogP contribution is 2.21. The van der Waals surface area contributed by atoms with Gasteiger partial charge in [0.05, 0.1) is 0 Å². The van der Waals surface area contributed by atoms with Crippen LogP contribution in [0.15, 0.2) is 12.7 Å². The molecule has 0 aromatic heterocycles. The van der Waals surface area contributed by atoms with E-state index in [1.807, 2.05) is 0 Å². The van der Waals surface area contributed by atoms with Gasteiger partial charge in [-0.2, -0.15) is 0 Å². The molecule has 2 unspecified atom stereocenters. The van der Waals surface area contributed by atoms with Gasteiger partial charge in [0.2, 0.25) is 0 Å². The summed E-state index contributed by atoms with van der Waals surface area (Å²) in [6, 6.07) is 0. The average molecular weight is 450 g/mol. The highest BCUT2D eigenvalue weighted by atomic mass is 14.9. The quantitative estimate of drug-likeness (QED) is 0.0970. The number of rotatable bonds is 27. The molecule has 0 bridgehead atoms. The fourth-order valence-corrected chi connectivity index (χ4v) is 5.06. The van der Waals surface area contributed by atoms with Crippen molar-refractivity contribution < 1.29 is 0 Å². The highest BCUT2D eigenvalue weighted by molar-refractivity contribution is 4.71. The lowest BCUT2D eigenvalue weighted by atomic mass is 9.87. The Bertz CT molecular complexity index is 350. The van der Waals surface area contributed by atoms with Gasteiger partial charge < -0.3 is 5.32 Å². The van der Waals surface area contributed by atoms with Crippen molar-refractivity contribution in [2.24, 2.45) is 11.8 Å². The first-order valence-corrected chi connectivity index (χ1v) is 15.1. The number of allylic oxidation sites excluding steroid dienone is 1. The Balaban J connectivity index is 3.24. The number of unbranched alkanes of at least 4 members (excludes halogenated alkanes) is 18. The van der Waals surface area contributed by atoms with Gasteiger partial charge in [-0.3, -0.25) is 0 Å². The lowest BCUT2D eigenvalue weighted by Gasteiger charge is -2.23. The molecule has 0 saturated heterocycles. The molecular formula is C31H63N. The fourth-order valence-electron chi connectivity index (χ4n) is 5.06. The van der Waals surface area contributed by atoms with E-state index in [1.54, 1.807) is 0 Å². The Morgan fingerprint density at radius 1 is 0.625 bits per heavy atom. The zero-order valence-corrected chi connectivity index (χ0v) is 22.9. The summed E-state index contributed by atoms with van der Waals surface area (Å²) in [5.74, 6) is 1.68. The zero-order valence-electron chi connectivity index (χ0n) is 22.9. The molecule has 0 aliphatic rings. The van der Waals surface area contributed by atoms with Crippen LogP contribution in [0, 0.1) is 11.8 Å². The van der Waals surface area contributed by atoms with E-state index < -0.39 is 0 Å². The molecule has 1 N–H and O–H groups in total. The average Bonchev–Trinajstić information content (AvgIpc) is 2.80. The van der Waals surface area contributed by atoms with Crippen molar-refractivity contribution in [3.05, 3.63) is 12.7 Å². The molecule has 2 atom stereocenters. The molecule has 0 rings (SSSR count). The fraction of sp³-hybridized carbons (Fsp3) is 0.935. The maximum Gasteiger partial charge on any atom is -0.00205 e. The van der Waals surface area contributed by atoms with Crippen LogP contribution in [0.2, 0.25) is 0 Å². The van der Waals surface area contributed by atoms with Gasteiger partial charge in [0.15, 0.2) is 0 Å². The van der Waals surface area contributed by atoms with Crippen LogP contribution >= 0.6 is 0 Å². The summed E-state index contributed by atoms with van der Waals surface area (Å²) in [4.78, 5) is 0. The second kappa shape index (κ2) is 26.9. The summed E-state index contributed by atoms with van der Waals surface area (Å²) < 4.78 is 0. The number of hydrogen-bond acceptors (Lipinski definition) is 1. The van der Waals surface area contributed by atoms with Gasteiger partial charge in [-0.15, -0.1) is 6.58 Å². The lowest BCUT2D eigenvalue weighted by molar-refractivity contribution is 0.307. The van der Waals surface area contributed by atoms with Gasteiger partial charge in [0.25, 0.3) is 0 Å². The first-order chi connectivity index (χ1) is 15.8. The first-order valence-electron chi connectivity index (χ1n) is 15.1. The van der Waals surface area contributed by atoms with E-state index in [0.717, 1.165) is 11.8 Å². The Kier molecular flexibility index (Phi) is 26.7. The second-order valence-electron chi connectivity index (χ2n) is 10.6. The summed E-state index contributed by atoms with van der Waals surface area (Å²) in [6.45, 7) is 13.4. The summed E-state index contributed by atoms with van der Waals surface area (Å²) in [5.41, 5.74) is 0. The Labute approximate surface area is 205 Å². The molecule has 192 valence electrons. The Morgan fingerprint density at radius 2 is 1.06 bits per heavy atom. The smallest absolute Gasteiger partial charge is 0.00205 e. The van der Waals surface area contributed by atoms with Crippen molar-refractivity contribution in [1.82, 2.24) is 5.32 Å². The van der Waals surface area contributed by atoms with Gasteiger partial charge in [-0.25, -0.2) is 0 Å². The van der Waals surface area contributed by atoms with Crippen LogP contribution in [-0.2, 0) is 0 Å². The van der Waals surface area contributed by atoms with Crippen LogP contribution in [-0.4, -0.2) is 13.1 Å². The van der Waals surface area contributed by atoms with Gasteiger partial charge in [-0.05, 0) is 50.6 Å². The summed E-state index contributed by atoms with van der Waals surface area (Å²) in [5, 5.41) is 3.72. The third-order valence-electron chi connectivity index (χ3n) is 7.49. The molecule has 0 spiro atoms. The predicted octanol–water partition coefficient (Wildman–Crippen LogP) is 10.6. The molecule has 0 fully saturated rings. The SMILES string of the molecule is C=CCCCC(CC)C(C)CNCCCCCCCCCCCCCCCCCCCC. The predicted molar refractivity (Wildman–Crippen MR) is 149 cm³/mol. The van der Waals surface area contributed by atoms with E-state index in [1.165, 1.54) is 154 Å². The van der Waals surface area contributed by atoms with Crippen molar-refractivity contribution in [3.8, 4) is 0 Å². The minimum absolute atomic E-state index is 0.806. The van der Waals surface area contributed by atoms with Crippen LogP contribution in [0.1, 0.15) is 162 Å². The van der Waals surface area contributed by atoms with Gasteiger partial charge in [0.1, 0.15) is 0 Å². The molecule has 1 heteroatoms. The van der Waals surface area contributed by atoms with Crippen LogP contribution < -0.4 is 5.32 Å². The molecule has 1 nitrogen and oxygen atoms in total. The molecule has 0 aromatic carbocycles. The van der Waals surface area contributed by atoms with Gasteiger partial charge in [0, 0.05) is 0 Å². The van der Waals surface area contributed by atoms with Crippen molar-refractivity contribution in [1.29, 1.82) is 0 Å². The molecule has 32 heavy (non-hydrogen) atoms. The minimum Gasteiger partial charge on any atom is -0.316 e. The Morgan fingerprint density at radius 3 is 1.47 bits per heavy atom.